The molecule has 0 radical (unpaired) electrons. The Morgan fingerprint density at radius 2 is 1.41 bits per heavy atom. The highest BCUT2D eigenvalue weighted by Gasteiger charge is 2.76. The van der Waals surface area contributed by atoms with E-state index in [2.05, 4.69) is 118 Å². The standard InChI is InChI=1S/C37H31I2O4S/c38-29-19-33(42-24-10-12-25(13-11-24)44-34-7-3-1-5-26(34)27-6-2-4-8-35(27)44)30(39)18-32(29)41-20-36(40)43-31-17-23-16-22-15-21-9-14-28(31)37(21,22)23/h1-8,10-13,18-19,21-23,28,31H,9,14-17,20H2/q+1. The summed E-state index contributed by atoms with van der Waals surface area (Å²) in [5.74, 6) is 5.19. The van der Waals surface area contributed by atoms with E-state index in [4.69, 9.17) is 14.2 Å². The molecule has 6 atom stereocenters. The summed E-state index contributed by atoms with van der Waals surface area (Å²) in [6.07, 6.45) is 6.50. The topological polar surface area (TPSA) is 44.8 Å². The number of fused-ring (bicyclic) bond motifs is 3. The van der Waals surface area contributed by atoms with E-state index in [1.54, 1.807) is 0 Å². The molecule has 1 aromatic heterocycles. The summed E-state index contributed by atoms with van der Waals surface area (Å²) < 4.78 is 23.0. The van der Waals surface area contributed by atoms with Gasteiger partial charge in [0.2, 0.25) is 0 Å². The minimum atomic E-state index is -0.244. The van der Waals surface area contributed by atoms with Gasteiger partial charge in [-0.05, 0) is 149 Å². The summed E-state index contributed by atoms with van der Waals surface area (Å²) in [6.45, 7) is -0.0598. The third-order valence-corrected chi connectivity index (χ3v) is 15.1. The highest BCUT2D eigenvalue weighted by atomic mass is 127. The molecule has 4 aromatic carbocycles. The fourth-order valence-electron chi connectivity index (χ4n) is 9.48. The average molecular weight is 826 g/mol. The minimum absolute atomic E-state index is 0.0598. The first-order valence-electron chi connectivity index (χ1n) is 15.5. The second-order valence-electron chi connectivity index (χ2n) is 12.9. The molecule has 6 unspecified atom stereocenters. The van der Waals surface area contributed by atoms with Crippen LogP contribution in [0.25, 0.3) is 25.1 Å². The van der Waals surface area contributed by atoms with Crippen LogP contribution in [0.1, 0.15) is 32.1 Å². The summed E-state index contributed by atoms with van der Waals surface area (Å²) in [4.78, 5) is 14.2. The number of carbonyl (C=O) groups excluding carboxylic acids is 1. The van der Waals surface area contributed by atoms with Gasteiger partial charge in [-0.2, -0.15) is 0 Å². The second-order valence-corrected chi connectivity index (χ2v) is 17.2. The zero-order valence-corrected chi connectivity index (χ0v) is 29.1. The van der Waals surface area contributed by atoms with Gasteiger partial charge < -0.3 is 14.2 Å². The van der Waals surface area contributed by atoms with E-state index in [9.17, 15) is 4.79 Å². The van der Waals surface area contributed by atoms with Crippen molar-refractivity contribution < 1.29 is 19.0 Å². The third-order valence-electron chi connectivity index (χ3n) is 11.1. The zero-order chi connectivity index (χ0) is 29.6. The van der Waals surface area contributed by atoms with Gasteiger partial charge in [0, 0.05) is 39.3 Å². The Labute approximate surface area is 286 Å². The van der Waals surface area contributed by atoms with Crippen molar-refractivity contribution in [2.24, 2.45) is 29.1 Å². The number of ether oxygens (including phenoxy) is 3. The minimum Gasteiger partial charge on any atom is -0.481 e. The maximum atomic E-state index is 12.9. The van der Waals surface area contributed by atoms with Gasteiger partial charge in [-0.15, -0.1) is 0 Å². The Bertz CT molecular complexity index is 1900. The van der Waals surface area contributed by atoms with Crippen molar-refractivity contribution in [3.05, 3.63) is 92.1 Å². The van der Waals surface area contributed by atoms with Crippen LogP contribution in [0.3, 0.4) is 0 Å². The Kier molecular flexibility index (Phi) is 6.71. The van der Waals surface area contributed by atoms with E-state index in [-0.39, 0.29) is 29.2 Å². The van der Waals surface area contributed by atoms with E-state index in [0.29, 0.717) is 17.1 Å². The molecule has 4 aliphatic rings. The van der Waals surface area contributed by atoms with Crippen molar-refractivity contribution >= 4 is 81.8 Å². The fourth-order valence-corrected chi connectivity index (χ4v) is 13.0. The highest BCUT2D eigenvalue weighted by Crippen LogP contribution is 2.81. The molecule has 44 heavy (non-hydrogen) atoms. The van der Waals surface area contributed by atoms with Crippen LogP contribution < -0.4 is 9.47 Å². The summed E-state index contributed by atoms with van der Waals surface area (Å²) in [7, 11) is -0.129. The van der Waals surface area contributed by atoms with Crippen LogP contribution in [-0.2, 0) is 9.53 Å². The maximum Gasteiger partial charge on any atom is 0.344 e. The molecule has 4 saturated carbocycles. The van der Waals surface area contributed by atoms with Gasteiger partial charge in [0.05, 0.1) is 7.14 Å². The lowest BCUT2D eigenvalue weighted by molar-refractivity contribution is -0.184. The molecule has 7 heteroatoms. The van der Waals surface area contributed by atoms with Gasteiger partial charge in [-0.1, -0.05) is 24.3 Å². The number of carbonyl (C=O) groups is 1. The molecule has 0 aliphatic heterocycles. The number of esters is 1. The van der Waals surface area contributed by atoms with Gasteiger partial charge in [0.1, 0.15) is 23.4 Å². The number of hydrogen-bond acceptors (Lipinski definition) is 4. The highest BCUT2D eigenvalue weighted by molar-refractivity contribution is 14.1. The Morgan fingerprint density at radius 3 is 2.14 bits per heavy atom. The lowest BCUT2D eigenvalue weighted by Gasteiger charge is -2.66. The first-order chi connectivity index (χ1) is 21.5. The van der Waals surface area contributed by atoms with E-state index in [1.807, 2.05) is 12.1 Å². The smallest absolute Gasteiger partial charge is 0.344 e. The molecule has 5 aromatic rings. The number of benzene rings is 4. The normalized spacial score (nSPS) is 27.8. The maximum absolute atomic E-state index is 12.9. The van der Waals surface area contributed by atoms with Crippen LogP contribution in [-0.4, -0.2) is 18.7 Å². The lowest BCUT2D eigenvalue weighted by Crippen LogP contribution is -2.60. The predicted molar refractivity (Wildman–Crippen MR) is 192 cm³/mol. The largest absolute Gasteiger partial charge is 0.481 e. The molecule has 0 amide bonds. The van der Waals surface area contributed by atoms with Crippen molar-refractivity contribution in [3.8, 4) is 22.1 Å². The van der Waals surface area contributed by atoms with Gasteiger partial charge >= 0.3 is 5.97 Å². The molecule has 222 valence electrons. The number of thiophene rings is 1. The number of rotatable bonds is 7. The number of hydrogen-bond donors (Lipinski definition) is 0. The summed E-state index contributed by atoms with van der Waals surface area (Å²) in [6, 6.07) is 29.9. The SMILES string of the molecule is O=C(COc1cc(I)c(Oc2ccc(-[s+]3c4ccccc4c4ccccc43)cc2)cc1I)OC1CC2CC3CC4CCC1C423. The second kappa shape index (κ2) is 10.6. The van der Waals surface area contributed by atoms with E-state index in [1.165, 1.54) is 50.8 Å². The first kappa shape index (κ1) is 27.9. The molecule has 0 saturated heterocycles. The molecule has 4 aliphatic carbocycles. The summed E-state index contributed by atoms with van der Waals surface area (Å²) in [5, 5.41) is 2.66. The van der Waals surface area contributed by atoms with Crippen molar-refractivity contribution in [1.82, 2.24) is 0 Å². The zero-order valence-electron chi connectivity index (χ0n) is 24.0. The van der Waals surface area contributed by atoms with Crippen molar-refractivity contribution in [2.75, 3.05) is 6.61 Å². The van der Waals surface area contributed by atoms with Gasteiger partial charge in [0.15, 0.2) is 20.9 Å². The Balaban J connectivity index is 0.875. The first-order valence-corrected chi connectivity index (χ1v) is 18.9. The molecular formula is C37H31I2O4S+. The van der Waals surface area contributed by atoms with Crippen molar-refractivity contribution in [1.29, 1.82) is 0 Å². The molecule has 4 nitrogen and oxygen atoms in total. The van der Waals surface area contributed by atoms with Crippen LogP contribution in [0.15, 0.2) is 84.9 Å². The number of halogens is 2. The van der Waals surface area contributed by atoms with Crippen LogP contribution >= 0.6 is 55.7 Å². The van der Waals surface area contributed by atoms with E-state index in [0.717, 1.165) is 42.8 Å². The quantitative estimate of drug-likeness (QED) is 0.0932. The predicted octanol–water partition coefficient (Wildman–Crippen LogP) is 10.5. The molecule has 1 heterocycles. The molecule has 0 bridgehead atoms. The van der Waals surface area contributed by atoms with Crippen LogP contribution in [0.2, 0.25) is 0 Å². The van der Waals surface area contributed by atoms with Gasteiger partial charge in [-0.3, -0.25) is 0 Å². The molecular weight excluding hydrogens is 794 g/mol. The van der Waals surface area contributed by atoms with Crippen LogP contribution in [0.5, 0.6) is 17.2 Å². The fraction of sp³-hybridized carbons (Fsp3) is 0.324. The van der Waals surface area contributed by atoms with Crippen LogP contribution in [0.4, 0.5) is 0 Å². The summed E-state index contributed by atoms with van der Waals surface area (Å²) in [5.41, 5.74) is 0.543. The van der Waals surface area contributed by atoms with Crippen LogP contribution in [0, 0.1) is 36.2 Å². The van der Waals surface area contributed by atoms with E-state index < -0.39 is 0 Å². The Morgan fingerprint density at radius 1 is 0.773 bits per heavy atom. The van der Waals surface area contributed by atoms with Crippen molar-refractivity contribution in [3.63, 3.8) is 0 Å². The van der Waals surface area contributed by atoms with Gasteiger partial charge in [0.25, 0.3) is 0 Å². The average Bonchev–Trinajstić information content (AvgIpc) is 3.66. The lowest BCUT2D eigenvalue weighted by atomic mass is 9.38. The molecule has 9 rings (SSSR count). The third kappa shape index (κ3) is 4.13. The monoisotopic (exact) mass is 825 g/mol. The van der Waals surface area contributed by atoms with Crippen molar-refractivity contribution in [2.45, 2.75) is 38.2 Å². The molecule has 1 spiro atoms. The van der Waals surface area contributed by atoms with E-state index >= 15 is 0 Å². The molecule has 4 fully saturated rings. The summed E-state index contributed by atoms with van der Waals surface area (Å²) >= 11 is 4.53. The Hall–Kier alpha value is -2.37. The molecule has 0 N–H and O–H groups in total. The van der Waals surface area contributed by atoms with Gasteiger partial charge in [-0.25, -0.2) is 4.79 Å².